The molecule has 1 fully saturated rings. The number of nitrogens with one attached hydrogen (secondary N) is 1. The van der Waals surface area contributed by atoms with Crippen LogP contribution in [0.3, 0.4) is 0 Å². The van der Waals surface area contributed by atoms with Crippen molar-refractivity contribution in [2.24, 2.45) is 0 Å². The molecule has 170 valence electrons. The lowest BCUT2D eigenvalue weighted by Crippen LogP contribution is -2.33. The van der Waals surface area contributed by atoms with E-state index in [0.29, 0.717) is 12.3 Å². The van der Waals surface area contributed by atoms with Crippen molar-refractivity contribution in [2.75, 3.05) is 6.61 Å². The van der Waals surface area contributed by atoms with Crippen LogP contribution in [0.5, 0.6) is 0 Å². The van der Waals surface area contributed by atoms with Gasteiger partial charge in [-0.05, 0) is 61.7 Å². The van der Waals surface area contributed by atoms with Crippen molar-refractivity contribution in [2.45, 2.75) is 42.2 Å². The van der Waals surface area contributed by atoms with Crippen LogP contribution >= 0.6 is 0 Å². The maximum Gasteiger partial charge on any atom is 0.267 e. The molecule has 0 bridgehead atoms. The van der Waals surface area contributed by atoms with Gasteiger partial charge in [0, 0.05) is 12.8 Å². The third-order valence-electron chi connectivity index (χ3n) is 5.92. The first-order chi connectivity index (χ1) is 15.8. The lowest BCUT2D eigenvalue weighted by molar-refractivity contribution is 0.0965. The molecule has 0 unspecified atom stereocenters. The van der Waals surface area contributed by atoms with Crippen LogP contribution < -0.4 is 11.0 Å². The van der Waals surface area contributed by atoms with Crippen molar-refractivity contribution in [3.63, 3.8) is 0 Å². The number of hydrogen-bond acceptors (Lipinski definition) is 6. The maximum absolute atomic E-state index is 13.4. The van der Waals surface area contributed by atoms with Crippen LogP contribution in [-0.4, -0.2) is 35.1 Å². The Morgan fingerprint density at radius 1 is 1.21 bits per heavy atom. The van der Waals surface area contributed by atoms with Crippen LogP contribution in [0, 0.1) is 18.2 Å². The van der Waals surface area contributed by atoms with Gasteiger partial charge in [0.1, 0.15) is 27.5 Å². The highest BCUT2D eigenvalue weighted by Gasteiger charge is 2.26. The van der Waals surface area contributed by atoms with Gasteiger partial charge in [0.05, 0.1) is 22.9 Å². The number of pyridine rings is 2. The second-order valence-electron chi connectivity index (χ2n) is 8.10. The van der Waals surface area contributed by atoms with Gasteiger partial charge < -0.3 is 9.30 Å². The molecule has 0 radical (unpaired) electrons. The standard InChI is InChI=1S/C23H21FN4O4S/c1-14-4-2-10-27-21(14)26-22-18(23(27)29)12-19(20(25)28(22)13-16-5-3-11-32-16)33(30,31)17-8-6-15(24)7-9-17/h2,4,6-10,12,16,25H,3,5,11,13H2,1H3/t16-/m1/s1. The van der Waals surface area contributed by atoms with E-state index in [4.69, 9.17) is 10.1 Å². The Morgan fingerprint density at radius 3 is 2.67 bits per heavy atom. The molecule has 5 rings (SSSR count). The van der Waals surface area contributed by atoms with Crippen LogP contribution in [0.2, 0.25) is 0 Å². The molecule has 3 aromatic heterocycles. The molecule has 0 saturated carbocycles. The first kappa shape index (κ1) is 21.5. The van der Waals surface area contributed by atoms with Crippen LogP contribution in [0.25, 0.3) is 16.7 Å². The molecule has 1 aromatic carbocycles. The van der Waals surface area contributed by atoms with E-state index in [9.17, 15) is 17.6 Å². The number of ether oxygens (including phenoxy) is 1. The zero-order valence-corrected chi connectivity index (χ0v) is 18.6. The lowest BCUT2D eigenvalue weighted by Gasteiger charge is -2.18. The number of hydrogen-bond donors (Lipinski definition) is 1. The largest absolute Gasteiger partial charge is 0.376 e. The molecule has 1 aliphatic heterocycles. The van der Waals surface area contributed by atoms with E-state index < -0.39 is 21.2 Å². The number of nitrogens with zero attached hydrogens (tertiary/aromatic N) is 3. The number of fused-ring (bicyclic) bond motifs is 2. The fraction of sp³-hybridized carbons (Fsp3) is 0.261. The van der Waals surface area contributed by atoms with E-state index >= 15 is 0 Å². The minimum Gasteiger partial charge on any atom is -0.376 e. The molecule has 0 amide bonds. The summed E-state index contributed by atoms with van der Waals surface area (Å²) in [7, 11) is -4.20. The van der Waals surface area contributed by atoms with Gasteiger partial charge >= 0.3 is 0 Å². The van der Waals surface area contributed by atoms with E-state index in [1.165, 1.54) is 15.0 Å². The van der Waals surface area contributed by atoms with Crippen LogP contribution in [0.4, 0.5) is 4.39 Å². The topological polar surface area (TPSA) is 107 Å². The van der Waals surface area contributed by atoms with Crippen LogP contribution in [0.15, 0.2) is 63.2 Å². The first-order valence-corrected chi connectivity index (χ1v) is 12.0. The number of benzene rings is 1. The number of rotatable bonds is 4. The van der Waals surface area contributed by atoms with Gasteiger partial charge in [0.15, 0.2) is 0 Å². The van der Waals surface area contributed by atoms with Gasteiger partial charge in [-0.15, -0.1) is 0 Å². The summed E-state index contributed by atoms with van der Waals surface area (Å²) >= 11 is 0. The normalized spacial score (nSPS) is 16.6. The van der Waals surface area contributed by atoms with E-state index in [0.717, 1.165) is 42.7 Å². The quantitative estimate of drug-likeness (QED) is 0.366. The first-order valence-electron chi connectivity index (χ1n) is 10.5. The molecular weight excluding hydrogens is 447 g/mol. The third-order valence-corrected chi connectivity index (χ3v) is 7.71. The Bertz CT molecular complexity index is 1620. The van der Waals surface area contributed by atoms with Crippen molar-refractivity contribution in [3.8, 4) is 0 Å². The molecule has 4 aromatic rings. The summed E-state index contributed by atoms with van der Waals surface area (Å²) in [6.45, 7) is 2.60. The van der Waals surface area contributed by atoms with E-state index in [-0.39, 0.29) is 39.0 Å². The molecule has 0 aliphatic carbocycles. The van der Waals surface area contributed by atoms with Gasteiger partial charge in [0.25, 0.3) is 5.56 Å². The predicted molar refractivity (Wildman–Crippen MR) is 118 cm³/mol. The summed E-state index contributed by atoms with van der Waals surface area (Å²) in [5.41, 5.74) is 0.703. The smallest absolute Gasteiger partial charge is 0.267 e. The highest BCUT2D eigenvalue weighted by Crippen LogP contribution is 2.23. The lowest BCUT2D eigenvalue weighted by atomic mass is 10.2. The molecule has 33 heavy (non-hydrogen) atoms. The van der Waals surface area contributed by atoms with E-state index in [1.54, 1.807) is 12.3 Å². The molecule has 10 heteroatoms. The summed E-state index contributed by atoms with van der Waals surface area (Å²) in [4.78, 5) is 17.5. The molecule has 1 aliphatic rings. The summed E-state index contributed by atoms with van der Waals surface area (Å²) in [6, 6.07) is 9.13. The zero-order chi connectivity index (χ0) is 23.3. The van der Waals surface area contributed by atoms with Gasteiger partial charge in [-0.1, -0.05) is 6.07 Å². The number of aryl methyl sites for hydroxylation is 1. The fourth-order valence-corrected chi connectivity index (χ4v) is 5.57. The average molecular weight is 469 g/mol. The number of sulfone groups is 1. The molecule has 0 spiro atoms. The van der Waals surface area contributed by atoms with Gasteiger partial charge in [-0.3, -0.25) is 14.6 Å². The Hall–Kier alpha value is -3.37. The molecule has 1 N–H and O–H groups in total. The Labute approximate surface area is 188 Å². The number of aromatic nitrogens is 3. The second-order valence-corrected chi connectivity index (χ2v) is 10.0. The molecular formula is C23H21FN4O4S. The fourth-order valence-electron chi connectivity index (χ4n) is 4.19. The number of halogens is 1. The molecule has 8 nitrogen and oxygen atoms in total. The summed E-state index contributed by atoms with van der Waals surface area (Å²) in [5.74, 6) is -0.573. The highest BCUT2D eigenvalue weighted by molar-refractivity contribution is 7.91. The van der Waals surface area contributed by atoms with Gasteiger partial charge in [0.2, 0.25) is 9.84 Å². The highest BCUT2D eigenvalue weighted by atomic mass is 32.2. The average Bonchev–Trinajstić information content (AvgIpc) is 3.30. The van der Waals surface area contributed by atoms with E-state index in [2.05, 4.69) is 4.98 Å². The monoisotopic (exact) mass is 468 g/mol. The molecule has 4 heterocycles. The van der Waals surface area contributed by atoms with Gasteiger partial charge in [-0.2, -0.15) is 0 Å². The van der Waals surface area contributed by atoms with Crippen molar-refractivity contribution in [1.29, 1.82) is 5.41 Å². The van der Waals surface area contributed by atoms with Crippen molar-refractivity contribution in [1.82, 2.24) is 14.0 Å². The Kier molecular flexibility index (Phi) is 5.13. The van der Waals surface area contributed by atoms with Crippen molar-refractivity contribution in [3.05, 3.63) is 75.9 Å². The minimum atomic E-state index is -4.20. The maximum atomic E-state index is 13.4. The van der Waals surface area contributed by atoms with Gasteiger partial charge in [-0.25, -0.2) is 17.8 Å². The second kappa shape index (κ2) is 7.89. The Balaban J connectivity index is 1.86. The summed E-state index contributed by atoms with van der Waals surface area (Å²) in [5, 5.41) is 8.85. The zero-order valence-electron chi connectivity index (χ0n) is 17.8. The van der Waals surface area contributed by atoms with Crippen LogP contribution in [0.1, 0.15) is 18.4 Å². The molecule has 1 saturated heterocycles. The summed E-state index contributed by atoms with van der Waals surface area (Å²) < 4.78 is 48.7. The minimum absolute atomic E-state index is 0.0767. The molecule has 1 atom stereocenters. The van der Waals surface area contributed by atoms with Crippen molar-refractivity contribution < 1.29 is 17.5 Å². The third kappa shape index (κ3) is 3.55. The van der Waals surface area contributed by atoms with Crippen LogP contribution in [-0.2, 0) is 21.1 Å². The summed E-state index contributed by atoms with van der Waals surface area (Å²) in [6.07, 6.45) is 2.98. The van der Waals surface area contributed by atoms with Crippen molar-refractivity contribution >= 4 is 26.5 Å². The predicted octanol–water partition coefficient (Wildman–Crippen LogP) is 2.59. The van der Waals surface area contributed by atoms with E-state index in [1.807, 2.05) is 13.0 Å². The SMILES string of the molecule is Cc1cccn2c(=O)c3cc(S(=O)(=O)c4ccc(F)cc4)c(=N)n(C[C@H]4CCCO4)c3nc12. The Morgan fingerprint density at radius 2 is 1.97 bits per heavy atom.